The minimum atomic E-state index is -1.19. The number of thioether (sulfide) groups is 1. The molecule has 0 saturated heterocycles. The highest BCUT2D eigenvalue weighted by Crippen LogP contribution is 2.11. The summed E-state index contributed by atoms with van der Waals surface area (Å²) in [6.07, 6.45) is 5.35. The summed E-state index contributed by atoms with van der Waals surface area (Å²) in [7, 11) is 0. The van der Waals surface area contributed by atoms with Gasteiger partial charge < -0.3 is 37.5 Å². The SMILES string of the molecule is CCC(C)C(NC(=O)C(CCC(N)=O)NC(=O)C(N)Cc1cnc[nH]1)C(=O)NC(CCSC)C(=O)O. The number of amides is 4. The number of aromatic nitrogens is 2. The topological polar surface area (TPSA) is 222 Å². The number of nitrogens with one attached hydrogen (secondary N) is 4. The lowest BCUT2D eigenvalue weighted by atomic mass is 9.97. The molecule has 0 aliphatic rings. The van der Waals surface area contributed by atoms with Crippen LogP contribution >= 0.6 is 11.8 Å². The predicted octanol–water partition coefficient (Wildman–Crippen LogP) is -1.12. The number of carbonyl (C=O) groups is 5. The molecule has 0 bridgehead atoms. The summed E-state index contributed by atoms with van der Waals surface area (Å²) in [4.78, 5) is 68.3. The van der Waals surface area contributed by atoms with Crippen molar-refractivity contribution in [2.45, 2.75) is 70.1 Å². The molecular formula is C22H37N7O6S. The first kappa shape index (κ1) is 30.9. The van der Waals surface area contributed by atoms with Crippen molar-refractivity contribution >= 4 is 41.4 Å². The first-order valence-corrected chi connectivity index (χ1v) is 13.0. The molecule has 1 heterocycles. The molecule has 36 heavy (non-hydrogen) atoms. The van der Waals surface area contributed by atoms with E-state index in [9.17, 15) is 29.1 Å². The third-order valence-electron chi connectivity index (χ3n) is 5.66. The number of carboxylic acids is 1. The van der Waals surface area contributed by atoms with E-state index in [1.54, 1.807) is 6.92 Å². The van der Waals surface area contributed by atoms with Crippen LogP contribution in [0.25, 0.3) is 0 Å². The van der Waals surface area contributed by atoms with E-state index >= 15 is 0 Å². The maximum atomic E-state index is 13.1. The van der Waals surface area contributed by atoms with E-state index in [0.29, 0.717) is 17.9 Å². The number of hydrogen-bond acceptors (Lipinski definition) is 8. The first-order chi connectivity index (χ1) is 17.0. The van der Waals surface area contributed by atoms with Crippen LogP contribution in [0.4, 0.5) is 0 Å². The number of nitrogens with zero attached hydrogens (tertiary/aromatic N) is 1. The third kappa shape index (κ3) is 10.6. The maximum Gasteiger partial charge on any atom is 0.326 e. The van der Waals surface area contributed by atoms with E-state index in [1.807, 2.05) is 13.2 Å². The quantitative estimate of drug-likeness (QED) is 0.130. The van der Waals surface area contributed by atoms with Gasteiger partial charge in [-0.1, -0.05) is 20.3 Å². The number of primary amides is 1. The van der Waals surface area contributed by atoms with Crippen LogP contribution in [0, 0.1) is 5.92 Å². The van der Waals surface area contributed by atoms with Gasteiger partial charge in [-0.25, -0.2) is 9.78 Å². The molecule has 0 radical (unpaired) electrons. The fourth-order valence-corrected chi connectivity index (χ4v) is 3.74. The lowest BCUT2D eigenvalue weighted by molar-refractivity contribution is -0.142. The first-order valence-electron chi connectivity index (χ1n) is 11.6. The molecule has 0 aliphatic heterocycles. The number of H-pyrrole nitrogens is 1. The number of hydrogen-bond donors (Lipinski definition) is 7. The summed E-state index contributed by atoms with van der Waals surface area (Å²) in [5, 5.41) is 17.1. The minimum absolute atomic E-state index is 0.107. The zero-order chi connectivity index (χ0) is 27.3. The summed E-state index contributed by atoms with van der Waals surface area (Å²) >= 11 is 1.45. The molecule has 5 atom stereocenters. The van der Waals surface area contributed by atoms with Crippen LogP contribution in [0.3, 0.4) is 0 Å². The molecule has 5 unspecified atom stereocenters. The van der Waals surface area contributed by atoms with E-state index < -0.39 is 53.8 Å². The van der Waals surface area contributed by atoms with Gasteiger partial charge in [-0.15, -0.1) is 0 Å². The van der Waals surface area contributed by atoms with Crippen molar-refractivity contribution < 1.29 is 29.1 Å². The average molecular weight is 528 g/mol. The number of rotatable bonds is 17. The Balaban J connectivity index is 2.98. The molecular weight excluding hydrogens is 490 g/mol. The number of aromatic amines is 1. The van der Waals surface area contributed by atoms with Crippen molar-refractivity contribution in [2.75, 3.05) is 12.0 Å². The molecule has 0 aliphatic carbocycles. The van der Waals surface area contributed by atoms with Gasteiger partial charge in [0.05, 0.1) is 12.4 Å². The number of imidazole rings is 1. The molecule has 1 rings (SSSR count). The zero-order valence-electron chi connectivity index (χ0n) is 20.8. The molecule has 0 aromatic carbocycles. The van der Waals surface area contributed by atoms with Crippen LogP contribution in [0.2, 0.25) is 0 Å². The largest absolute Gasteiger partial charge is 0.480 e. The van der Waals surface area contributed by atoms with Crippen molar-refractivity contribution in [1.29, 1.82) is 0 Å². The normalized spacial score (nSPS) is 15.1. The van der Waals surface area contributed by atoms with E-state index in [-0.39, 0.29) is 31.6 Å². The van der Waals surface area contributed by atoms with Gasteiger partial charge in [0.1, 0.15) is 18.1 Å². The standard InChI is InChI=1S/C22H37N7O6S/c1-4-12(2)18(21(33)28-16(22(34)35)7-8-36-3)29-20(32)15(5-6-17(24)30)27-19(31)14(23)9-13-10-25-11-26-13/h10-12,14-16,18H,4-9,23H2,1-3H3,(H2,24,30)(H,25,26)(H,27,31)(H,28,33)(H,29,32)(H,34,35). The fraction of sp³-hybridized carbons (Fsp3) is 0.636. The van der Waals surface area contributed by atoms with Gasteiger partial charge in [-0.2, -0.15) is 11.8 Å². The van der Waals surface area contributed by atoms with Crippen LogP contribution in [-0.4, -0.2) is 80.8 Å². The number of carboxylic acid groups (broad SMARTS) is 1. The van der Waals surface area contributed by atoms with E-state index in [1.165, 1.54) is 24.3 Å². The molecule has 202 valence electrons. The second kappa shape index (κ2) is 15.8. The summed E-state index contributed by atoms with van der Waals surface area (Å²) in [6.45, 7) is 3.56. The Kier molecular flexibility index (Phi) is 13.5. The molecule has 1 aromatic rings. The second-order valence-electron chi connectivity index (χ2n) is 8.51. The Morgan fingerprint density at radius 1 is 1.08 bits per heavy atom. The van der Waals surface area contributed by atoms with E-state index in [2.05, 4.69) is 25.9 Å². The molecule has 4 amide bonds. The second-order valence-corrected chi connectivity index (χ2v) is 9.49. The number of carbonyl (C=O) groups excluding carboxylic acids is 4. The van der Waals surface area contributed by atoms with Gasteiger partial charge in [-0.05, 0) is 30.8 Å². The molecule has 14 heteroatoms. The molecule has 13 nitrogen and oxygen atoms in total. The van der Waals surface area contributed by atoms with Gasteiger partial charge in [0.15, 0.2) is 0 Å². The Hall–Kier alpha value is -3.13. The molecule has 1 aromatic heterocycles. The summed E-state index contributed by atoms with van der Waals surface area (Å²) < 4.78 is 0. The van der Waals surface area contributed by atoms with E-state index in [0.717, 1.165) is 0 Å². The highest BCUT2D eigenvalue weighted by Gasteiger charge is 2.32. The smallest absolute Gasteiger partial charge is 0.326 e. The lowest BCUT2D eigenvalue weighted by Gasteiger charge is -2.28. The van der Waals surface area contributed by atoms with Crippen LogP contribution < -0.4 is 27.4 Å². The summed E-state index contributed by atoms with van der Waals surface area (Å²) in [6, 6.07) is -4.37. The Bertz CT molecular complexity index is 882. The van der Waals surface area contributed by atoms with Gasteiger partial charge in [0, 0.05) is 24.7 Å². The molecule has 0 saturated carbocycles. The molecule has 0 fully saturated rings. The highest BCUT2D eigenvalue weighted by atomic mass is 32.2. The minimum Gasteiger partial charge on any atom is -0.480 e. The zero-order valence-corrected chi connectivity index (χ0v) is 21.6. The van der Waals surface area contributed by atoms with Crippen molar-refractivity contribution in [3.63, 3.8) is 0 Å². The Morgan fingerprint density at radius 2 is 1.75 bits per heavy atom. The monoisotopic (exact) mass is 527 g/mol. The number of aliphatic carboxylic acids is 1. The van der Waals surface area contributed by atoms with Gasteiger partial charge in [-0.3, -0.25) is 19.2 Å². The van der Waals surface area contributed by atoms with Crippen LogP contribution in [0.15, 0.2) is 12.5 Å². The van der Waals surface area contributed by atoms with Crippen molar-refractivity contribution in [3.8, 4) is 0 Å². The Morgan fingerprint density at radius 3 is 2.28 bits per heavy atom. The van der Waals surface area contributed by atoms with E-state index in [4.69, 9.17) is 11.5 Å². The van der Waals surface area contributed by atoms with Gasteiger partial charge >= 0.3 is 5.97 Å². The fourth-order valence-electron chi connectivity index (χ4n) is 3.27. The van der Waals surface area contributed by atoms with Gasteiger partial charge in [0.2, 0.25) is 23.6 Å². The third-order valence-corrected chi connectivity index (χ3v) is 6.31. The summed E-state index contributed by atoms with van der Waals surface area (Å²) in [5.41, 5.74) is 11.8. The van der Waals surface area contributed by atoms with Crippen molar-refractivity contribution in [1.82, 2.24) is 25.9 Å². The number of nitrogens with two attached hydrogens (primary N) is 2. The molecule has 0 spiro atoms. The summed E-state index contributed by atoms with van der Waals surface area (Å²) in [5.74, 6) is -3.67. The Labute approximate surface area is 214 Å². The van der Waals surface area contributed by atoms with Crippen LogP contribution in [-0.2, 0) is 30.4 Å². The van der Waals surface area contributed by atoms with Crippen LogP contribution in [0.1, 0.15) is 45.2 Å². The van der Waals surface area contributed by atoms with Crippen molar-refractivity contribution in [3.05, 3.63) is 18.2 Å². The highest BCUT2D eigenvalue weighted by molar-refractivity contribution is 7.98. The lowest BCUT2D eigenvalue weighted by Crippen LogP contribution is -2.59. The maximum absolute atomic E-state index is 13.1. The average Bonchev–Trinajstić information content (AvgIpc) is 3.34. The molecule has 9 N–H and O–H groups in total. The predicted molar refractivity (Wildman–Crippen MR) is 135 cm³/mol. The van der Waals surface area contributed by atoms with Crippen LogP contribution in [0.5, 0.6) is 0 Å². The van der Waals surface area contributed by atoms with Gasteiger partial charge in [0.25, 0.3) is 0 Å². The van der Waals surface area contributed by atoms with Crippen molar-refractivity contribution in [2.24, 2.45) is 17.4 Å².